The first-order valence-electron chi connectivity index (χ1n) is 7.36. The number of furan rings is 1. The molecule has 3 rings (SSSR count). The Labute approximate surface area is 138 Å². The third-order valence-electron chi connectivity index (χ3n) is 3.52. The number of nitrogens with one attached hydrogen (secondary N) is 1. The van der Waals surface area contributed by atoms with Gasteiger partial charge in [-0.15, -0.1) is 0 Å². The fourth-order valence-corrected chi connectivity index (χ4v) is 2.31. The molecule has 1 heterocycles. The number of hydrogen-bond donors (Lipinski definition) is 2. The van der Waals surface area contributed by atoms with Gasteiger partial charge < -0.3 is 14.8 Å². The Morgan fingerprint density at radius 1 is 0.958 bits per heavy atom. The summed E-state index contributed by atoms with van der Waals surface area (Å²) < 4.78 is 5.56. The van der Waals surface area contributed by atoms with Crippen LogP contribution in [0.5, 0.6) is 5.75 Å². The predicted octanol–water partition coefficient (Wildman–Crippen LogP) is 4.16. The van der Waals surface area contributed by atoms with Crippen molar-refractivity contribution in [2.75, 3.05) is 5.32 Å². The Morgan fingerprint density at radius 2 is 1.62 bits per heavy atom. The number of carbonyl (C=O) groups excluding carboxylic acids is 2. The number of phenols is 1. The van der Waals surface area contributed by atoms with Crippen molar-refractivity contribution in [2.45, 2.75) is 6.92 Å². The molecule has 5 nitrogen and oxygen atoms in total. The summed E-state index contributed by atoms with van der Waals surface area (Å²) >= 11 is 0. The van der Waals surface area contributed by atoms with Gasteiger partial charge in [-0.1, -0.05) is 30.3 Å². The van der Waals surface area contributed by atoms with Crippen LogP contribution in [0.15, 0.2) is 65.1 Å². The van der Waals surface area contributed by atoms with Crippen LogP contribution in [0.1, 0.15) is 33.4 Å². The average Bonchev–Trinajstić information content (AvgIpc) is 3.00. The van der Waals surface area contributed by atoms with Crippen LogP contribution in [0, 0.1) is 0 Å². The van der Waals surface area contributed by atoms with E-state index in [0.717, 1.165) is 5.69 Å². The van der Waals surface area contributed by atoms with Crippen LogP contribution in [0.2, 0.25) is 0 Å². The number of anilines is 2. The Bertz CT molecular complexity index is 897. The van der Waals surface area contributed by atoms with Crippen molar-refractivity contribution in [1.29, 1.82) is 0 Å². The quantitative estimate of drug-likeness (QED) is 0.690. The minimum Gasteiger partial charge on any atom is -0.507 e. The van der Waals surface area contributed by atoms with Gasteiger partial charge in [-0.2, -0.15) is 0 Å². The van der Waals surface area contributed by atoms with E-state index in [1.54, 1.807) is 12.1 Å². The molecule has 0 bridgehead atoms. The Hall–Kier alpha value is -3.34. The number of ketones is 2. The topological polar surface area (TPSA) is 79.5 Å². The predicted molar refractivity (Wildman–Crippen MR) is 90.0 cm³/mol. The van der Waals surface area contributed by atoms with Crippen molar-refractivity contribution < 1.29 is 19.1 Å². The molecule has 0 saturated carbocycles. The highest BCUT2D eigenvalue weighted by Gasteiger charge is 2.22. The van der Waals surface area contributed by atoms with E-state index >= 15 is 0 Å². The van der Waals surface area contributed by atoms with Crippen LogP contribution in [0.3, 0.4) is 0 Å². The van der Waals surface area contributed by atoms with Crippen molar-refractivity contribution >= 4 is 23.1 Å². The highest BCUT2D eigenvalue weighted by Crippen LogP contribution is 2.28. The number of para-hydroxylation sites is 2. The van der Waals surface area contributed by atoms with E-state index in [2.05, 4.69) is 5.32 Å². The number of hydrogen-bond acceptors (Lipinski definition) is 5. The Morgan fingerprint density at radius 3 is 2.29 bits per heavy atom. The standard InChI is InChI=1S/C19H15NO4/c1-12(21)15-11-17(18(23)14-9-5-6-10-16(14)22)24-19(15)20-13-7-3-2-4-8-13/h2-11,20,22H,1H3. The van der Waals surface area contributed by atoms with Crippen LogP contribution in [0.25, 0.3) is 0 Å². The molecule has 0 saturated heterocycles. The number of rotatable bonds is 5. The van der Waals surface area contributed by atoms with E-state index in [-0.39, 0.29) is 34.3 Å². The van der Waals surface area contributed by atoms with Gasteiger partial charge in [0.1, 0.15) is 5.75 Å². The SMILES string of the molecule is CC(=O)c1cc(C(=O)c2ccccc2O)oc1Nc1ccccc1. The summed E-state index contributed by atoms with van der Waals surface area (Å²) in [5.41, 5.74) is 1.13. The van der Waals surface area contributed by atoms with Gasteiger partial charge in [-0.05, 0) is 31.2 Å². The largest absolute Gasteiger partial charge is 0.507 e. The first-order valence-corrected chi connectivity index (χ1v) is 7.36. The van der Waals surface area contributed by atoms with Crippen molar-refractivity contribution in [2.24, 2.45) is 0 Å². The molecule has 0 radical (unpaired) electrons. The Kier molecular flexibility index (Phi) is 4.16. The summed E-state index contributed by atoms with van der Waals surface area (Å²) in [6, 6.07) is 16.8. The van der Waals surface area contributed by atoms with Crippen LogP contribution < -0.4 is 5.32 Å². The molecule has 0 amide bonds. The summed E-state index contributed by atoms with van der Waals surface area (Å²) in [7, 11) is 0. The molecule has 1 aromatic heterocycles. The zero-order chi connectivity index (χ0) is 17.1. The van der Waals surface area contributed by atoms with Crippen LogP contribution in [-0.4, -0.2) is 16.7 Å². The molecule has 0 aliphatic heterocycles. The third-order valence-corrected chi connectivity index (χ3v) is 3.52. The maximum Gasteiger partial charge on any atom is 0.232 e. The lowest BCUT2D eigenvalue weighted by Gasteiger charge is -2.04. The fourth-order valence-electron chi connectivity index (χ4n) is 2.31. The first-order chi connectivity index (χ1) is 11.6. The van der Waals surface area contributed by atoms with E-state index in [1.807, 2.05) is 30.3 Å². The molecule has 0 spiro atoms. The maximum absolute atomic E-state index is 12.5. The highest BCUT2D eigenvalue weighted by atomic mass is 16.4. The zero-order valence-electron chi connectivity index (χ0n) is 12.9. The zero-order valence-corrected chi connectivity index (χ0v) is 12.9. The molecule has 0 aliphatic carbocycles. The minimum absolute atomic E-state index is 0.0138. The van der Waals surface area contributed by atoms with E-state index in [0.29, 0.717) is 0 Å². The van der Waals surface area contributed by atoms with Crippen molar-refractivity contribution in [3.05, 3.63) is 77.6 Å². The third kappa shape index (κ3) is 3.05. The van der Waals surface area contributed by atoms with Gasteiger partial charge in [-0.25, -0.2) is 0 Å². The molecule has 0 unspecified atom stereocenters. The number of aromatic hydroxyl groups is 1. The van der Waals surface area contributed by atoms with Gasteiger partial charge >= 0.3 is 0 Å². The maximum atomic E-state index is 12.5. The number of phenolic OH excluding ortho intramolecular Hbond substituents is 1. The lowest BCUT2D eigenvalue weighted by Crippen LogP contribution is -1.99. The van der Waals surface area contributed by atoms with Crippen LogP contribution >= 0.6 is 0 Å². The molecule has 2 aromatic carbocycles. The minimum atomic E-state index is -0.489. The van der Waals surface area contributed by atoms with Gasteiger partial charge in [0.25, 0.3) is 0 Å². The molecule has 2 N–H and O–H groups in total. The summed E-state index contributed by atoms with van der Waals surface area (Å²) in [6.45, 7) is 1.40. The summed E-state index contributed by atoms with van der Waals surface area (Å²) in [6.07, 6.45) is 0. The second-order valence-corrected chi connectivity index (χ2v) is 5.25. The van der Waals surface area contributed by atoms with E-state index < -0.39 is 5.78 Å². The number of carbonyl (C=O) groups is 2. The average molecular weight is 321 g/mol. The first kappa shape index (κ1) is 15.6. The molecule has 24 heavy (non-hydrogen) atoms. The van der Waals surface area contributed by atoms with Gasteiger partial charge in [0.05, 0.1) is 11.1 Å². The molecule has 0 fully saturated rings. The number of benzene rings is 2. The Balaban J connectivity index is 1.99. The molecule has 5 heteroatoms. The molecule has 120 valence electrons. The molecule has 3 aromatic rings. The second kappa shape index (κ2) is 6.42. The lowest BCUT2D eigenvalue weighted by atomic mass is 10.1. The van der Waals surface area contributed by atoms with Crippen LogP contribution in [0.4, 0.5) is 11.6 Å². The van der Waals surface area contributed by atoms with Gasteiger partial charge in [-0.3, -0.25) is 9.59 Å². The van der Waals surface area contributed by atoms with Crippen molar-refractivity contribution in [3.63, 3.8) is 0 Å². The summed E-state index contributed by atoms with van der Waals surface area (Å²) in [5, 5.41) is 12.8. The lowest BCUT2D eigenvalue weighted by molar-refractivity contribution is 0.100. The van der Waals surface area contributed by atoms with Crippen molar-refractivity contribution in [1.82, 2.24) is 0 Å². The fraction of sp³-hybridized carbons (Fsp3) is 0.0526. The second-order valence-electron chi connectivity index (χ2n) is 5.25. The van der Waals surface area contributed by atoms with Gasteiger partial charge in [0.2, 0.25) is 11.7 Å². The monoisotopic (exact) mass is 321 g/mol. The smallest absolute Gasteiger partial charge is 0.232 e. The normalized spacial score (nSPS) is 10.4. The van der Waals surface area contributed by atoms with E-state index in [9.17, 15) is 14.7 Å². The molecule has 0 aliphatic rings. The summed E-state index contributed by atoms with van der Waals surface area (Å²) in [4.78, 5) is 24.4. The highest BCUT2D eigenvalue weighted by molar-refractivity contribution is 6.11. The van der Waals surface area contributed by atoms with E-state index in [1.165, 1.54) is 25.1 Å². The van der Waals surface area contributed by atoms with Gasteiger partial charge in [0, 0.05) is 11.8 Å². The van der Waals surface area contributed by atoms with Gasteiger partial charge in [0.15, 0.2) is 11.5 Å². The van der Waals surface area contributed by atoms with Crippen molar-refractivity contribution in [3.8, 4) is 5.75 Å². The number of Topliss-reactive ketones (excluding diaryl/α,β-unsaturated/α-hetero) is 1. The molecular formula is C19H15NO4. The van der Waals surface area contributed by atoms with E-state index in [4.69, 9.17) is 4.42 Å². The summed E-state index contributed by atoms with van der Waals surface area (Å²) in [5.74, 6) is -0.668. The molecular weight excluding hydrogens is 306 g/mol. The van der Waals surface area contributed by atoms with Crippen LogP contribution in [-0.2, 0) is 0 Å². The molecule has 0 atom stereocenters.